The van der Waals surface area contributed by atoms with Crippen LogP contribution in [0, 0.1) is 6.92 Å². The van der Waals surface area contributed by atoms with E-state index in [1.807, 2.05) is 19.2 Å². The lowest BCUT2D eigenvalue weighted by molar-refractivity contribution is 0.0926. The van der Waals surface area contributed by atoms with Crippen LogP contribution in [0.2, 0.25) is 5.02 Å². The second-order valence-corrected chi connectivity index (χ2v) is 8.68. The van der Waals surface area contributed by atoms with Gasteiger partial charge in [0.25, 0.3) is 5.91 Å². The number of nitrogens with one attached hydrogen (secondary N) is 1. The molecule has 3 aromatic rings. The average molecular weight is 433 g/mol. The van der Waals surface area contributed by atoms with Crippen LogP contribution in [0.15, 0.2) is 27.8 Å². The third-order valence-electron chi connectivity index (χ3n) is 5.57. The summed E-state index contributed by atoms with van der Waals surface area (Å²) in [6.45, 7) is 2.44. The maximum Gasteiger partial charge on any atom is 0.287 e. The lowest BCUT2D eigenvalue weighted by Crippen LogP contribution is -2.25. The molecule has 1 aromatic carbocycles. The first-order valence-corrected chi connectivity index (χ1v) is 11.6. The smallest absolute Gasteiger partial charge is 0.287 e. The van der Waals surface area contributed by atoms with E-state index in [1.54, 1.807) is 23.9 Å². The zero-order valence-corrected chi connectivity index (χ0v) is 18.3. The SMILES string of the molecule is CSc1nnc(CCCNC(=O)c2oc3ccc(Cl)cc3c2C)n1C1CCCC1. The monoisotopic (exact) mass is 432 g/mol. The van der Waals surface area contributed by atoms with Gasteiger partial charge in [-0.15, -0.1) is 10.2 Å². The highest BCUT2D eigenvalue weighted by atomic mass is 35.5. The van der Waals surface area contributed by atoms with Crippen LogP contribution in [-0.2, 0) is 6.42 Å². The maximum absolute atomic E-state index is 12.6. The number of aromatic nitrogens is 3. The first-order valence-electron chi connectivity index (χ1n) is 10.0. The van der Waals surface area contributed by atoms with Crippen molar-refractivity contribution in [1.29, 1.82) is 0 Å². The minimum absolute atomic E-state index is 0.197. The summed E-state index contributed by atoms with van der Waals surface area (Å²) in [6, 6.07) is 5.89. The summed E-state index contributed by atoms with van der Waals surface area (Å²) in [6.07, 6.45) is 8.58. The van der Waals surface area contributed by atoms with E-state index in [0.29, 0.717) is 29.0 Å². The molecule has 154 valence electrons. The Bertz CT molecular complexity index is 1020. The molecule has 0 atom stereocenters. The summed E-state index contributed by atoms with van der Waals surface area (Å²) in [4.78, 5) is 12.6. The molecule has 0 bridgehead atoms. The number of furan rings is 1. The third-order valence-corrected chi connectivity index (χ3v) is 6.45. The van der Waals surface area contributed by atoms with Crippen molar-refractivity contribution in [2.24, 2.45) is 0 Å². The van der Waals surface area contributed by atoms with Crippen LogP contribution in [0.5, 0.6) is 0 Å². The Labute approximate surface area is 179 Å². The summed E-state index contributed by atoms with van der Waals surface area (Å²) in [5, 5.41) is 14.2. The molecule has 1 fully saturated rings. The zero-order valence-electron chi connectivity index (χ0n) is 16.7. The van der Waals surface area contributed by atoms with Gasteiger partial charge in [-0.25, -0.2) is 0 Å². The van der Waals surface area contributed by atoms with Gasteiger partial charge in [-0.2, -0.15) is 0 Å². The van der Waals surface area contributed by atoms with Gasteiger partial charge in [0, 0.05) is 35.0 Å². The molecule has 2 heterocycles. The summed E-state index contributed by atoms with van der Waals surface area (Å²) >= 11 is 7.70. The summed E-state index contributed by atoms with van der Waals surface area (Å²) in [5.41, 5.74) is 1.48. The first kappa shape index (κ1) is 20.3. The van der Waals surface area contributed by atoms with Gasteiger partial charge in [0.1, 0.15) is 11.4 Å². The number of fused-ring (bicyclic) bond motifs is 1. The van der Waals surface area contributed by atoms with Gasteiger partial charge in [-0.3, -0.25) is 4.79 Å². The zero-order chi connectivity index (χ0) is 20.4. The van der Waals surface area contributed by atoms with E-state index in [-0.39, 0.29) is 5.91 Å². The van der Waals surface area contributed by atoms with Crippen molar-refractivity contribution in [2.45, 2.75) is 56.6 Å². The molecule has 2 aromatic heterocycles. The largest absolute Gasteiger partial charge is 0.451 e. The quantitative estimate of drug-likeness (QED) is 0.411. The number of hydrogen-bond donors (Lipinski definition) is 1. The van der Waals surface area contributed by atoms with E-state index < -0.39 is 0 Å². The number of rotatable bonds is 7. The first-order chi connectivity index (χ1) is 14.1. The van der Waals surface area contributed by atoms with Crippen molar-refractivity contribution >= 4 is 40.2 Å². The van der Waals surface area contributed by atoms with Crippen LogP contribution >= 0.6 is 23.4 Å². The van der Waals surface area contributed by atoms with Gasteiger partial charge >= 0.3 is 0 Å². The Hall–Kier alpha value is -1.99. The van der Waals surface area contributed by atoms with E-state index in [1.165, 1.54) is 25.7 Å². The Morgan fingerprint density at radius 1 is 1.34 bits per heavy atom. The third kappa shape index (κ3) is 4.16. The molecule has 1 amide bonds. The van der Waals surface area contributed by atoms with Gasteiger partial charge in [0.15, 0.2) is 10.9 Å². The molecule has 1 saturated carbocycles. The fourth-order valence-corrected chi connectivity index (χ4v) is 4.83. The highest BCUT2D eigenvalue weighted by molar-refractivity contribution is 7.98. The van der Waals surface area contributed by atoms with Crippen molar-refractivity contribution < 1.29 is 9.21 Å². The van der Waals surface area contributed by atoms with Gasteiger partial charge in [0.05, 0.1) is 0 Å². The van der Waals surface area contributed by atoms with Crippen molar-refractivity contribution in [3.05, 3.63) is 40.4 Å². The van der Waals surface area contributed by atoms with E-state index in [2.05, 4.69) is 20.1 Å². The Balaban J connectivity index is 1.37. The number of hydrogen-bond acceptors (Lipinski definition) is 5. The Morgan fingerprint density at radius 2 is 2.14 bits per heavy atom. The van der Waals surface area contributed by atoms with Crippen molar-refractivity contribution in [2.75, 3.05) is 12.8 Å². The van der Waals surface area contributed by atoms with Crippen LogP contribution in [-0.4, -0.2) is 33.5 Å². The number of aryl methyl sites for hydroxylation is 2. The Morgan fingerprint density at radius 3 is 2.90 bits per heavy atom. The van der Waals surface area contributed by atoms with Gasteiger partial charge < -0.3 is 14.3 Å². The molecule has 0 saturated heterocycles. The minimum Gasteiger partial charge on any atom is -0.451 e. The number of nitrogens with zero attached hydrogens (tertiary/aromatic N) is 3. The van der Waals surface area contributed by atoms with Crippen LogP contribution < -0.4 is 5.32 Å². The lowest BCUT2D eigenvalue weighted by atomic mass is 10.1. The molecule has 0 unspecified atom stereocenters. The molecule has 1 aliphatic rings. The predicted octanol–water partition coefficient (Wildman–Crippen LogP) is 5.19. The molecule has 1 N–H and O–H groups in total. The van der Waals surface area contributed by atoms with E-state index >= 15 is 0 Å². The minimum atomic E-state index is -0.197. The van der Waals surface area contributed by atoms with E-state index in [4.69, 9.17) is 16.0 Å². The Kier molecular flexibility index (Phi) is 6.15. The topological polar surface area (TPSA) is 73.0 Å². The number of benzene rings is 1. The maximum atomic E-state index is 12.6. The second-order valence-electron chi connectivity index (χ2n) is 7.47. The van der Waals surface area contributed by atoms with Crippen LogP contribution in [0.25, 0.3) is 11.0 Å². The summed E-state index contributed by atoms with van der Waals surface area (Å²) in [5.74, 6) is 1.17. The number of carbonyl (C=O) groups excluding carboxylic acids is 1. The van der Waals surface area contributed by atoms with E-state index in [9.17, 15) is 4.79 Å². The number of thioether (sulfide) groups is 1. The molecule has 4 rings (SSSR count). The summed E-state index contributed by atoms with van der Waals surface area (Å²) in [7, 11) is 0. The lowest BCUT2D eigenvalue weighted by Gasteiger charge is -2.16. The molecule has 6 nitrogen and oxygen atoms in total. The number of amides is 1. The number of carbonyl (C=O) groups is 1. The average Bonchev–Trinajstić information content (AvgIpc) is 3.44. The molecule has 1 aliphatic carbocycles. The van der Waals surface area contributed by atoms with Gasteiger partial charge in [-0.1, -0.05) is 36.2 Å². The van der Waals surface area contributed by atoms with Crippen molar-refractivity contribution in [1.82, 2.24) is 20.1 Å². The normalized spacial score (nSPS) is 14.7. The number of halogens is 1. The van der Waals surface area contributed by atoms with Crippen LogP contribution in [0.3, 0.4) is 0 Å². The van der Waals surface area contributed by atoms with Crippen molar-refractivity contribution in [3.63, 3.8) is 0 Å². The fourth-order valence-electron chi connectivity index (χ4n) is 4.08. The van der Waals surface area contributed by atoms with E-state index in [0.717, 1.165) is 34.8 Å². The van der Waals surface area contributed by atoms with Crippen molar-refractivity contribution in [3.8, 4) is 0 Å². The standard InChI is InChI=1S/C21H25ClN4O2S/c1-13-16-12-14(22)9-10-17(16)28-19(13)20(27)23-11-5-8-18-24-25-21(29-2)26(18)15-6-3-4-7-15/h9-10,12,15H,3-8,11H2,1-2H3,(H,23,27). The predicted molar refractivity (Wildman–Crippen MR) is 116 cm³/mol. The highest BCUT2D eigenvalue weighted by Gasteiger charge is 2.23. The van der Waals surface area contributed by atoms with Crippen LogP contribution in [0.1, 0.15) is 60.1 Å². The molecule has 0 radical (unpaired) electrons. The second kappa shape index (κ2) is 8.79. The fraction of sp³-hybridized carbons (Fsp3) is 0.476. The molecule has 0 spiro atoms. The van der Waals surface area contributed by atoms with Gasteiger partial charge in [0.2, 0.25) is 0 Å². The molecule has 0 aliphatic heterocycles. The molecular weight excluding hydrogens is 408 g/mol. The summed E-state index contributed by atoms with van der Waals surface area (Å²) < 4.78 is 8.05. The van der Waals surface area contributed by atoms with Crippen LogP contribution in [0.4, 0.5) is 0 Å². The molecular formula is C21H25ClN4O2S. The molecule has 8 heteroatoms. The highest BCUT2D eigenvalue weighted by Crippen LogP contribution is 2.33. The van der Waals surface area contributed by atoms with Gasteiger partial charge in [-0.05, 0) is 50.6 Å². The molecule has 29 heavy (non-hydrogen) atoms.